The van der Waals surface area contributed by atoms with E-state index in [2.05, 4.69) is 23.6 Å². The molecule has 0 saturated carbocycles. The maximum atomic E-state index is 10.9. The van der Waals surface area contributed by atoms with Crippen molar-refractivity contribution in [2.24, 2.45) is 5.92 Å². The van der Waals surface area contributed by atoms with Crippen LogP contribution in [0.15, 0.2) is 18.2 Å². The summed E-state index contributed by atoms with van der Waals surface area (Å²) in [5.74, 6) is 1.06. The SMILES string of the molecule is COc1cc(N2CCN(CCC(C)C)CC2)ccc1[N+](=O)[O-]. The number of piperazine rings is 1. The van der Waals surface area contributed by atoms with Gasteiger partial charge in [-0.2, -0.15) is 0 Å². The zero-order valence-electron chi connectivity index (χ0n) is 13.6. The summed E-state index contributed by atoms with van der Waals surface area (Å²) < 4.78 is 5.15. The summed E-state index contributed by atoms with van der Waals surface area (Å²) in [5, 5.41) is 10.9. The molecule has 122 valence electrons. The third-order valence-electron chi connectivity index (χ3n) is 4.12. The Balaban J connectivity index is 1.98. The minimum absolute atomic E-state index is 0.0156. The molecule has 1 heterocycles. The number of ether oxygens (including phenoxy) is 1. The van der Waals surface area contributed by atoms with Crippen molar-refractivity contribution in [1.82, 2.24) is 4.90 Å². The van der Waals surface area contributed by atoms with Gasteiger partial charge in [0.1, 0.15) is 0 Å². The topological polar surface area (TPSA) is 58.8 Å². The van der Waals surface area contributed by atoms with Crippen LogP contribution in [-0.2, 0) is 0 Å². The van der Waals surface area contributed by atoms with Gasteiger partial charge < -0.3 is 9.64 Å². The van der Waals surface area contributed by atoms with E-state index >= 15 is 0 Å². The van der Waals surface area contributed by atoms with Gasteiger partial charge in [0.2, 0.25) is 0 Å². The number of nitro groups is 1. The first kappa shape index (κ1) is 16.5. The van der Waals surface area contributed by atoms with Crippen molar-refractivity contribution in [3.63, 3.8) is 0 Å². The lowest BCUT2D eigenvalue weighted by atomic mass is 10.1. The highest BCUT2D eigenvalue weighted by atomic mass is 16.6. The monoisotopic (exact) mass is 307 g/mol. The summed E-state index contributed by atoms with van der Waals surface area (Å²) in [6.07, 6.45) is 1.23. The summed E-state index contributed by atoms with van der Waals surface area (Å²) in [6.45, 7) is 9.60. The van der Waals surface area contributed by atoms with Gasteiger partial charge in [-0.3, -0.25) is 15.0 Å². The second-order valence-electron chi connectivity index (χ2n) is 6.12. The second kappa shape index (κ2) is 7.45. The van der Waals surface area contributed by atoms with E-state index in [0.717, 1.165) is 44.3 Å². The van der Waals surface area contributed by atoms with Gasteiger partial charge in [-0.1, -0.05) is 13.8 Å². The van der Waals surface area contributed by atoms with Crippen LogP contribution in [0.25, 0.3) is 0 Å². The Morgan fingerprint density at radius 2 is 1.95 bits per heavy atom. The van der Waals surface area contributed by atoms with E-state index in [9.17, 15) is 10.1 Å². The lowest BCUT2D eigenvalue weighted by Gasteiger charge is -2.36. The van der Waals surface area contributed by atoms with E-state index in [0.29, 0.717) is 5.75 Å². The van der Waals surface area contributed by atoms with Gasteiger partial charge in [-0.25, -0.2) is 0 Å². The Labute approximate surface area is 131 Å². The second-order valence-corrected chi connectivity index (χ2v) is 6.12. The van der Waals surface area contributed by atoms with Gasteiger partial charge >= 0.3 is 5.69 Å². The van der Waals surface area contributed by atoms with Crippen LogP contribution >= 0.6 is 0 Å². The van der Waals surface area contributed by atoms with E-state index < -0.39 is 4.92 Å². The maximum absolute atomic E-state index is 10.9. The summed E-state index contributed by atoms with van der Waals surface area (Å²) in [6, 6.07) is 5.10. The molecule has 22 heavy (non-hydrogen) atoms. The third-order valence-corrected chi connectivity index (χ3v) is 4.12. The predicted octanol–water partition coefficient (Wildman–Crippen LogP) is 2.77. The fourth-order valence-electron chi connectivity index (χ4n) is 2.68. The molecule has 0 radical (unpaired) electrons. The molecule has 0 bridgehead atoms. The minimum atomic E-state index is -0.410. The molecule has 0 amide bonds. The van der Waals surface area contributed by atoms with Gasteiger partial charge in [0, 0.05) is 44.0 Å². The van der Waals surface area contributed by atoms with Crippen LogP contribution in [0.4, 0.5) is 11.4 Å². The van der Waals surface area contributed by atoms with Crippen LogP contribution in [-0.4, -0.2) is 49.7 Å². The van der Waals surface area contributed by atoms with Crippen LogP contribution in [0.2, 0.25) is 0 Å². The number of hydrogen-bond acceptors (Lipinski definition) is 5. The zero-order valence-corrected chi connectivity index (χ0v) is 13.6. The largest absolute Gasteiger partial charge is 0.490 e. The normalized spacial score (nSPS) is 16.1. The maximum Gasteiger partial charge on any atom is 0.311 e. The van der Waals surface area contributed by atoms with E-state index in [1.807, 2.05) is 6.07 Å². The van der Waals surface area contributed by atoms with Crippen LogP contribution in [0.3, 0.4) is 0 Å². The molecule has 2 rings (SSSR count). The van der Waals surface area contributed by atoms with Crippen LogP contribution < -0.4 is 9.64 Å². The molecular weight excluding hydrogens is 282 g/mol. The fourth-order valence-corrected chi connectivity index (χ4v) is 2.68. The predicted molar refractivity (Wildman–Crippen MR) is 87.8 cm³/mol. The van der Waals surface area contributed by atoms with Crippen molar-refractivity contribution in [2.45, 2.75) is 20.3 Å². The highest BCUT2D eigenvalue weighted by molar-refractivity contribution is 5.59. The molecule has 0 aliphatic carbocycles. The number of rotatable bonds is 6. The highest BCUT2D eigenvalue weighted by Gasteiger charge is 2.20. The Kier molecular flexibility index (Phi) is 5.60. The number of methoxy groups -OCH3 is 1. The smallest absolute Gasteiger partial charge is 0.311 e. The molecule has 0 spiro atoms. The quantitative estimate of drug-likeness (QED) is 0.597. The molecule has 6 nitrogen and oxygen atoms in total. The number of benzene rings is 1. The number of nitro benzene ring substituents is 1. The lowest BCUT2D eigenvalue weighted by molar-refractivity contribution is -0.385. The average molecular weight is 307 g/mol. The van der Waals surface area contributed by atoms with E-state index in [1.165, 1.54) is 19.6 Å². The first-order valence-electron chi connectivity index (χ1n) is 7.81. The van der Waals surface area contributed by atoms with Crippen molar-refractivity contribution in [3.8, 4) is 5.75 Å². The number of nitrogens with zero attached hydrogens (tertiary/aromatic N) is 3. The van der Waals surface area contributed by atoms with Crippen molar-refractivity contribution in [3.05, 3.63) is 28.3 Å². The first-order chi connectivity index (χ1) is 10.5. The van der Waals surface area contributed by atoms with Crippen LogP contribution in [0.1, 0.15) is 20.3 Å². The summed E-state index contributed by atoms with van der Waals surface area (Å²) in [5.41, 5.74) is 1.01. The molecule has 1 aromatic carbocycles. The molecule has 1 aromatic rings. The molecule has 6 heteroatoms. The van der Waals surface area contributed by atoms with Gasteiger partial charge in [0.15, 0.2) is 5.75 Å². The fraction of sp³-hybridized carbons (Fsp3) is 0.625. The molecule has 0 aromatic heterocycles. The molecule has 1 aliphatic rings. The van der Waals surface area contributed by atoms with Crippen LogP contribution in [0.5, 0.6) is 5.75 Å². The molecule has 0 unspecified atom stereocenters. The molecule has 0 atom stereocenters. The Bertz CT molecular complexity index is 511. The first-order valence-corrected chi connectivity index (χ1v) is 7.81. The minimum Gasteiger partial charge on any atom is -0.490 e. The van der Waals surface area contributed by atoms with Crippen LogP contribution in [0, 0.1) is 16.0 Å². The lowest BCUT2D eigenvalue weighted by Crippen LogP contribution is -2.46. The van der Waals surface area contributed by atoms with E-state index in [-0.39, 0.29) is 5.69 Å². The summed E-state index contributed by atoms with van der Waals surface area (Å²) >= 11 is 0. The van der Waals surface area contributed by atoms with Crippen molar-refractivity contribution in [2.75, 3.05) is 44.7 Å². The molecule has 1 fully saturated rings. The molecule has 0 N–H and O–H groups in total. The summed E-state index contributed by atoms with van der Waals surface area (Å²) in [4.78, 5) is 15.3. The number of hydrogen-bond donors (Lipinski definition) is 0. The van der Waals surface area contributed by atoms with E-state index in [1.54, 1.807) is 6.07 Å². The Hall–Kier alpha value is -1.82. The number of anilines is 1. The molecular formula is C16H25N3O3. The van der Waals surface area contributed by atoms with Gasteiger partial charge in [0.25, 0.3) is 0 Å². The average Bonchev–Trinajstić information content (AvgIpc) is 2.52. The third kappa shape index (κ3) is 4.10. The highest BCUT2D eigenvalue weighted by Crippen LogP contribution is 2.31. The van der Waals surface area contributed by atoms with Crippen molar-refractivity contribution < 1.29 is 9.66 Å². The Morgan fingerprint density at radius 1 is 1.27 bits per heavy atom. The molecule has 1 saturated heterocycles. The van der Waals surface area contributed by atoms with Crippen molar-refractivity contribution in [1.29, 1.82) is 0 Å². The van der Waals surface area contributed by atoms with Gasteiger partial charge in [-0.05, 0) is 24.9 Å². The van der Waals surface area contributed by atoms with Crippen molar-refractivity contribution >= 4 is 11.4 Å². The van der Waals surface area contributed by atoms with Gasteiger partial charge in [0.05, 0.1) is 12.0 Å². The summed E-state index contributed by atoms with van der Waals surface area (Å²) in [7, 11) is 1.47. The van der Waals surface area contributed by atoms with E-state index in [4.69, 9.17) is 4.74 Å². The standard InChI is InChI=1S/C16H25N3O3/c1-13(2)6-7-17-8-10-18(11-9-17)14-4-5-15(19(20)21)16(12-14)22-3/h4-5,12-13H,6-11H2,1-3H3. The van der Waals surface area contributed by atoms with Gasteiger partial charge in [-0.15, -0.1) is 0 Å². The Morgan fingerprint density at radius 3 is 2.50 bits per heavy atom. The zero-order chi connectivity index (χ0) is 16.1. The molecule has 1 aliphatic heterocycles.